The van der Waals surface area contributed by atoms with E-state index < -0.39 is 16.4 Å². The zero-order valence-corrected chi connectivity index (χ0v) is 18.6. The quantitative estimate of drug-likeness (QED) is 0.635. The molecule has 0 N–H and O–H groups in total. The van der Waals surface area contributed by atoms with Crippen molar-refractivity contribution in [3.8, 4) is 11.5 Å². The fourth-order valence-corrected chi connectivity index (χ4v) is 5.46. The molecule has 11 heteroatoms. The van der Waals surface area contributed by atoms with Crippen LogP contribution in [0, 0.1) is 13.8 Å². The lowest BCUT2D eigenvalue weighted by Gasteiger charge is -2.19. The Morgan fingerprint density at radius 3 is 2.61 bits per heavy atom. The van der Waals surface area contributed by atoms with E-state index in [-0.39, 0.29) is 47.1 Å². The molecule has 1 amide bonds. The van der Waals surface area contributed by atoms with Crippen molar-refractivity contribution < 1.29 is 31.5 Å². The molecule has 1 aliphatic heterocycles. The Morgan fingerprint density at radius 1 is 1.32 bits per heavy atom. The Balaban J connectivity index is 1.79. The minimum absolute atomic E-state index is 0.0298. The highest BCUT2D eigenvalue weighted by Gasteiger charge is 2.31. The van der Waals surface area contributed by atoms with E-state index in [0.29, 0.717) is 6.42 Å². The second-order valence-corrected chi connectivity index (χ2v) is 9.78. The van der Waals surface area contributed by atoms with E-state index in [4.69, 9.17) is 4.74 Å². The largest absolute Gasteiger partial charge is 0.493 e. The fourth-order valence-electron chi connectivity index (χ4n) is 3.77. The van der Waals surface area contributed by atoms with Gasteiger partial charge in [0.25, 0.3) is 5.91 Å². The summed E-state index contributed by atoms with van der Waals surface area (Å²) in [6, 6.07) is 3.81. The van der Waals surface area contributed by atoms with Gasteiger partial charge in [-0.1, -0.05) is 0 Å². The molecule has 1 atom stereocenters. The highest BCUT2D eigenvalue weighted by Crippen LogP contribution is 2.31. The number of halogens is 2. The van der Waals surface area contributed by atoms with E-state index in [9.17, 15) is 22.0 Å². The summed E-state index contributed by atoms with van der Waals surface area (Å²) in [4.78, 5) is 14.4. The lowest BCUT2D eigenvalue weighted by Crippen LogP contribution is -2.27. The lowest BCUT2D eigenvalue weighted by atomic mass is 10.1. The molecule has 0 bridgehead atoms. The van der Waals surface area contributed by atoms with Crippen LogP contribution < -0.4 is 9.47 Å². The van der Waals surface area contributed by atoms with E-state index in [2.05, 4.69) is 9.84 Å². The third kappa shape index (κ3) is 4.97. The second-order valence-electron chi connectivity index (χ2n) is 7.56. The minimum Gasteiger partial charge on any atom is -0.493 e. The maximum absolute atomic E-state index is 12.9. The van der Waals surface area contributed by atoms with Crippen LogP contribution in [0.3, 0.4) is 0 Å². The van der Waals surface area contributed by atoms with Crippen LogP contribution in [0.5, 0.6) is 11.5 Å². The normalized spacial score (nSPS) is 17.7. The first-order valence-corrected chi connectivity index (χ1v) is 11.5. The molecule has 0 unspecified atom stereocenters. The molecule has 0 aliphatic carbocycles. The standard InChI is InChI=1S/C20H25F2N3O5S/c1-12-16(13(2)25(23-12)15-7-8-31(27,28)11-15)10-24(3)19(26)14-5-6-17(30-20(21)22)18(9-14)29-4/h5-6,9,15,20H,7-8,10-11H2,1-4H3/t15-/m1/s1. The van der Waals surface area contributed by atoms with Gasteiger partial charge in [-0.25, -0.2) is 8.42 Å². The topological polar surface area (TPSA) is 90.7 Å². The number of alkyl halides is 2. The number of amides is 1. The minimum atomic E-state index is -3.05. The molecule has 2 aromatic rings. The Morgan fingerprint density at radius 2 is 2.03 bits per heavy atom. The van der Waals surface area contributed by atoms with Crippen LogP contribution in [-0.4, -0.2) is 61.3 Å². The number of hydrogen-bond donors (Lipinski definition) is 0. The highest BCUT2D eigenvalue weighted by atomic mass is 32.2. The molecule has 1 saturated heterocycles. The van der Waals surface area contributed by atoms with Crippen molar-refractivity contribution in [3.05, 3.63) is 40.7 Å². The van der Waals surface area contributed by atoms with Gasteiger partial charge >= 0.3 is 6.61 Å². The molecule has 170 valence electrons. The summed E-state index contributed by atoms with van der Waals surface area (Å²) in [5.41, 5.74) is 2.63. The van der Waals surface area contributed by atoms with Crippen molar-refractivity contribution >= 4 is 15.7 Å². The van der Waals surface area contributed by atoms with E-state index in [1.807, 2.05) is 13.8 Å². The summed E-state index contributed by atoms with van der Waals surface area (Å²) in [5, 5.41) is 4.52. The molecule has 1 fully saturated rings. The molecular formula is C20H25F2N3O5S. The second kappa shape index (κ2) is 8.81. The van der Waals surface area contributed by atoms with Gasteiger partial charge in [-0.2, -0.15) is 13.9 Å². The molecule has 0 spiro atoms. The predicted molar refractivity (Wildman–Crippen MR) is 109 cm³/mol. The van der Waals surface area contributed by atoms with E-state index in [1.165, 1.54) is 30.2 Å². The van der Waals surface area contributed by atoms with E-state index >= 15 is 0 Å². The average Bonchev–Trinajstić information content (AvgIpc) is 3.20. The summed E-state index contributed by atoms with van der Waals surface area (Å²) in [6.07, 6.45) is 0.519. The van der Waals surface area contributed by atoms with Crippen LogP contribution in [0.2, 0.25) is 0 Å². The molecular weight excluding hydrogens is 432 g/mol. The molecule has 1 aromatic carbocycles. The van der Waals surface area contributed by atoms with Crippen molar-refractivity contribution in [2.24, 2.45) is 0 Å². The lowest BCUT2D eigenvalue weighted by molar-refractivity contribution is -0.0512. The SMILES string of the molecule is COc1cc(C(=O)N(C)Cc2c(C)nn([C@@H]3CCS(=O)(=O)C3)c2C)ccc1OC(F)F. The molecule has 0 saturated carbocycles. The van der Waals surface area contributed by atoms with Crippen LogP contribution >= 0.6 is 0 Å². The van der Waals surface area contributed by atoms with Crippen molar-refractivity contribution in [1.29, 1.82) is 0 Å². The van der Waals surface area contributed by atoms with Gasteiger partial charge in [0.15, 0.2) is 21.3 Å². The first kappa shape index (κ1) is 23.0. The number of sulfone groups is 1. The van der Waals surface area contributed by atoms with Gasteiger partial charge in [-0.3, -0.25) is 9.48 Å². The molecule has 2 heterocycles. The summed E-state index contributed by atoms with van der Waals surface area (Å²) in [7, 11) is -0.128. The van der Waals surface area contributed by atoms with Crippen LogP contribution in [-0.2, 0) is 16.4 Å². The number of nitrogens with zero attached hydrogens (tertiary/aromatic N) is 3. The summed E-state index contributed by atoms with van der Waals surface area (Å²) < 4.78 is 59.8. The van der Waals surface area contributed by atoms with Crippen molar-refractivity contribution in [3.63, 3.8) is 0 Å². The average molecular weight is 457 g/mol. The number of aryl methyl sites for hydroxylation is 1. The zero-order chi connectivity index (χ0) is 22.9. The predicted octanol–water partition coefficient (Wildman–Crippen LogP) is 2.74. The number of benzene rings is 1. The van der Waals surface area contributed by atoms with Gasteiger partial charge in [0.2, 0.25) is 0 Å². The number of rotatable bonds is 7. The maximum atomic E-state index is 12.9. The zero-order valence-electron chi connectivity index (χ0n) is 17.8. The van der Waals surface area contributed by atoms with Gasteiger partial charge in [-0.15, -0.1) is 0 Å². The van der Waals surface area contributed by atoms with Crippen LogP contribution in [0.4, 0.5) is 8.78 Å². The number of carbonyl (C=O) groups excluding carboxylic acids is 1. The Kier molecular flexibility index (Phi) is 6.54. The number of aromatic nitrogens is 2. The Hall–Kier alpha value is -2.69. The molecule has 8 nitrogen and oxygen atoms in total. The molecule has 1 aliphatic rings. The number of methoxy groups -OCH3 is 1. The Bertz CT molecular complexity index is 1080. The molecule has 0 radical (unpaired) electrons. The van der Waals surface area contributed by atoms with Gasteiger partial charge in [0.1, 0.15) is 0 Å². The summed E-state index contributed by atoms with van der Waals surface area (Å²) in [5.74, 6) is -0.248. The Labute approximate surface area is 179 Å². The summed E-state index contributed by atoms with van der Waals surface area (Å²) in [6.45, 7) is 0.932. The van der Waals surface area contributed by atoms with Crippen LogP contribution in [0.15, 0.2) is 18.2 Å². The third-order valence-corrected chi connectivity index (χ3v) is 7.15. The first-order chi connectivity index (χ1) is 14.5. The monoisotopic (exact) mass is 457 g/mol. The van der Waals surface area contributed by atoms with Gasteiger partial charge in [0, 0.05) is 30.4 Å². The molecule has 3 rings (SSSR count). The van der Waals surface area contributed by atoms with Crippen molar-refractivity contribution in [1.82, 2.24) is 14.7 Å². The van der Waals surface area contributed by atoms with Gasteiger partial charge in [-0.05, 0) is 38.5 Å². The third-order valence-electron chi connectivity index (χ3n) is 5.40. The smallest absolute Gasteiger partial charge is 0.387 e. The number of carbonyl (C=O) groups is 1. The van der Waals surface area contributed by atoms with Gasteiger partial charge < -0.3 is 14.4 Å². The molecule has 1 aromatic heterocycles. The van der Waals surface area contributed by atoms with Crippen LogP contribution in [0.1, 0.15) is 39.8 Å². The summed E-state index contributed by atoms with van der Waals surface area (Å²) >= 11 is 0. The number of hydrogen-bond acceptors (Lipinski definition) is 6. The number of ether oxygens (including phenoxy) is 2. The van der Waals surface area contributed by atoms with Crippen molar-refractivity contribution in [2.45, 2.75) is 39.5 Å². The fraction of sp³-hybridized carbons (Fsp3) is 0.500. The van der Waals surface area contributed by atoms with E-state index in [0.717, 1.165) is 17.0 Å². The first-order valence-electron chi connectivity index (χ1n) is 9.65. The molecule has 31 heavy (non-hydrogen) atoms. The van der Waals surface area contributed by atoms with Crippen LogP contribution in [0.25, 0.3) is 0 Å². The van der Waals surface area contributed by atoms with E-state index in [1.54, 1.807) is 11.7 Å². The van der Waals surface area contributed by atoms with Gasteiger partial charge in [0.05, 0.1) is 30.4 Å². The maximum Gasteiger partial charge on any atom is 0.387 e. The highest BCUT2D eigenvalue weighted by molar-refractivity contribution is 7.91. The van der Waals surface area contributed by atoms with Crippen molar-refractivity contribution in [2.75, 3.05) is 25.7 Å².